The minimum absolute atomic E-state index is 0.164. The van der Waals surface area contributed by atoms with E-state index >= 15 is 0 Å². The molecule has 0 fully saturated rings. The van der Waals surface area contributed by atoms with Gasteiger partial charge in [0.2, 0.25) is 5.91 Å². The number of halogens is 3. The Morgan fingerprint density at radius 3 is 2.26 bits per heavy atom. The van der Waals surface area contributed by atoms with Crippen LogP contribution >= 0.6 is 0 Å². The first-order valence-electron chi connectivity index (χ1n) is 6.86. The van der Waals surface area contributed by atoms with Crippen molar-refractivity contribution in [1.82, 2.24) is 0 Å². The molecule has 0 aliphatic carbocycles. The van der Waals surface area contributed by atoms with Crippen molar-refractivity contribution >= 4 is 17.3 Å². The molecule has 0 aliphatic rings. The molecule has 0 bridgehead atoms. The molecule has 2 aromatic rings. The van der Waals surface area contributed by atoms with Crippen LogP contribution in [0.5, 0.6) is 5.75 Å². The number of carbonyl (C=O) groups excluding carboxylic acids is 1. The van der Waals surface area contributed by atoms with Crippen LogP contribution in [0, 0.1) is 6.92 Å². The Hall–Kier alpha value is -2.50. The predicted molar refractivity (Wildman–Crippen MR) is 82.0 cm³/mol. The average molecular weight is 323 g/mol. The van der Waals surface area contributed by atoms with E-state index < -0.39 is 11.7 Å². The summed E-state index contributed by atoms with van der Waals surface area (Å²) in [6, 6.07) is 9.69. The minimum atomic E-state index is -4.46. The van der Waals surface area contributed by atoms with Crippen molar-refractivity contribution in [2.24, 2.45) is 0 Å². The molecule has 6 heteroatoms. The van der Waals surface area contributed by atoms with Gasteiger partial charge in [0.25, 0.3) is 0 Å². The zero-order chi connectivity index (χ0) is 17.2. The van der Waals surface area contributed by atoms with Crippen molar-refractivity contribution in [3.63, 3.8) is 0 Å². The Morgan fingerprint density at radius 1 is 1.09 bits per heavy atom. The van der Waals surface area contributed by atoms with Crippen LogP contribution in [-0.4, -0.2) is 13.0 Å². The lowest BCUT2D eigenvalue weighted by Crippen LogP contribution is -2.23. The lowest BCUT2D eigenvalue weighted by atomic mass is 10.1. The fraction of sp³-hybridized carbons (Fsp3) is 0.235. The van der Waals surface area contributed by atoms with Crippen LogP contribution in [0.2, 0.25) is 0 Å². The van der Waals surface area contributed by atoms with E-state index in [1.165, 1.54) is 31.1 Å². The highest BCUT2D eigenvalue weighted by Gasteiger charge is 2.31. The number of ether oxygens (including phenoxy) is 1. The number of hydrogen-bond acceptors (Lipinski definition) is 2. The number of rotatable bonds is 3. The van der Waals surface area contributed by atoms with E-state index in [2.05, 4.69) is 0 Å². The number of anilines is 2. The third-order valence-corrected chi connectivity index (χ3v) is 3.38. The van der Waals surface area contributed by atoms with E-state index in [9.17, 15) is 18.0 Å². The molecular formula is C17H16F3NO2. The maximum Gasteiger partial charge on any atom is 0.416 e. The van der Waals surface area contributed by atoms with Crippen molar-refractivity contribution in [2.45, 2.75) is 20.0 Å². The number of alkyl halides is 3. The summed E-state index contributed by atoms with van der Waals surface area (Å²) in [4.78, 5) is 13.2. The Kier molecular flexibility index (Phi) is 4.63. The van der Waals surface area contributed by atoms with Gasteiger partial charge >= 0.3 is 6.18 Å². The van der Waals surface area contributed by atoms with Gasteiger partial charge in [0.15, 0.2) is 0 Å². The van der Waals surface area contributed by atoms with Gasteiger partial charge in [-0.2, -0.15) is 13.2 Å². The molecule has 0 radical (unpaired) electrons. The number of hydrogen-bond donors (Lipinski definition) is 0. The maximum absolute atomic E-state index is 12.9. The highest BCUT2D eigenvalue weighted by atomic mass is 19.4. The lowest BCUT2D eigenvalue weighted by molar-refractivity contribution is -0.137. The molecule has 0 N–H and O–H groups in total. The molecule has 122 valence electrons. The molecule has 2 rings (SSSR count). The quantitative estimate of drug-likeness (QED) is 0.819. The van der Waals surface area contributed by atoms with Crippen molar-refractivity contribution in [3.05, 3.63) is 53.6 Å². The zero-order valence-electron chi connectivity index (χ0n) is 12.9. The summed E-state index contributed by atoms with van der Waals surface area (Å²) >= 11 is 0. The Balaban J connectivity index is 2.51. The fourth-order valence-corrected chi connectivity index (χ4v) is 2.34. The van der Waals surface area contributed by atoms with E-state index in [-0.39, 0.29) is 11.6 Å². The molecule has 3 nitrogen and oxygen atoms in total. The Bertz CT molecular complexity index is 726. The van der Waals surface area contributed by atoms with Crippen LogP contribution in [0.1, 0.15) is 18.1 Å². The van der Waals surface area contributed by atoms with Crippen LogP contribution in [0.4, 0.5) is 24.5 Å². The first-order valence-corrected chi connectivity index (χ1v) is 6.86. The van der Waals surface area contributed by atoms with E-state index in [4.69, 9.17) is 4.74 Å². The molecule has 1 amide bonds. The number of amides is 1. The van der Waals surface area contributed by atoms with Crippen LogP contribution in [0.25, 0.3) is 0 Å². The molecule has 0 spiro atoms. The Labute approximate surface area is 132 Å². The summed E-state index contributed by atoms with van der Waals surface area (Å²) < 4.78 is 43.8. The topological polar surface area (TPSA) is 29.5 Å². The van der Waals surface area contributed by atoms with Crippen LogP contribution in [0.3, 0.4) is 0 Å². The summed E-state index contributed by atoms with van der Waals surface area (Å²) in [5.74, 6) is 0.259. The Morgan fingerprint density at radius 2 is 1.74 bits per heavy atom. The van der Waals surface area contributed by atoms with Gasteiger partial charge in [0.1, 0.15) is 5.75 Å². The van der Waals surface area contributed by atoms with Crippen LogP contribution in [-0.2, 0) is 11.0 Å². The number of benzene rings is 2. The summed E-state index contributed by atoms with van der Waals surface area (Å²) in [6.45, 7) is 3.10. The third kappa shape index (κ3) is 3.64. The first-order chi connectivity index (χ1) is 10.7. The third-order valence-electron chi connectivity index (χ3n) is 3.38. The van der Waals surface area contributed by atoms with E-state index in [0.29, 0.717) is 11.4 Å². The molecule has 23 heavy (non-hydrogen) atoms. The molecule has 0 heterocycles. The van der Waals surface area contributed by atoms with Gasteiger partial charge < -0.3 is 4.74 Å². The number of aryl methyl sites for hydroxylation is 1. The number of methoxy groups -OCH3 is 1. The second kappa shape index (κ2) is 6.32. The van der Waals surface area contributed by atoms with Gasteiger partial charge in [-0.15, -0.1) is 0 Å². The van der Waals surface area contributed by atoms with E-state index in [1.54, 1.807) is 25.1 Å². The molecule has 0 atom stereocenters. The summed E-state index contributed by atoms with van der Waals surface area (Å²) in [6.07, 6.45) is -4.46. The average Bonchev–Trinajstić information content (AvgIpc) is 2.47. The first kappa shape index (κ1) is 16.9. The van der Waals surface area contributed by atoms with Gasteiger partial charge in [-0.05, 0) is 48.9 Å². The van der Waals surface area contributed by atoms with Crippen molar-refractivity contribution in [3.8, 4) is 5.75 Å². The minimum Gasteiger partial charge on any atom is -0.496 e. The van der Waals surface area contributed by atoms with Crippen molar-refractivity contribution < 1.29 is 22.7 Å². The van der Waals surface area contributed by atoms with Crippen LogP contribution < -0.4 is 9.64 Å². The highest BCUT2D eigenvalue weighted by Crippen LogP contribution is 2.35. The molecule has 0 saturated heterocycles. The van der Waals surface area contributed by atoms with E-state index in [1.807, 2.05) is 0 Å². The summed E-state index contributed by atoms with van der Waals surface area (Å²) in [7, 11) is 1.53. The van der Waals surface area contributed by atoms with Gasteiger partial charge in [-0.1, -0.05) is 6.07 Å². The SMILES string of the molecule is COc1ccc(N(C(C)=O)c2cccc(C(F)(F)F)c2)cc1C. The smallest absolute Gasteiger partial charge is 0.416 e. The highest BCUT2D eigenvalue weighted by molar-refractivity contribution is 5.99. The summed E-state index contributed by atoms with van der Waals surface area (Å²) in [5.41, 5.74) is 0.627. The molecule has 0 aromatic heterocycles. The molecule has 2 aromatic carbocycles. The van der Waals surface area contributed by atoms with Gasteiger partial charge in [-0.3, -0.25) is 9.69 Å². The molecule has 0 saturated carbocycles. The maximum atomic E-state index is 12.9. The zero-order valence-corrected chi connectivity index (χ0v) is 12.9. The van der Waals surface area contributed by atoms with Gasteiger partial charge in [-0.25, -0.2) is 0 Å². The normalized spacial score (nSPS) is 11.2. The fourth-order valence-electron chi connectivity index (χ4n) is 2.34. The largest absolute Gasteiger partial charge is 0.496 e. The van der Waals surface area contributed by atoms with Crippen LogP contribution in [0.15, 0.2) is 42.5 Å². The monoisotopic (exact) mass is 323 g/mol. The van der Waals surface area contributed by atoms with Gasteiger partial charge in [0.05, 0.1) is 12.7 Å². The summed E-state index contributed by atoms with van der Waals surface area (Å²) in [5, 5.41) is 0. The predicted octanol–water partition coefficient (Wildman–Crippen LogP) is 4.71. The molecule has 0 unspecified atom stereocenters. The lowest BCUT2D eigenvalue weighted by Gasteiger charge is -2.23. The standard InChI is InChI=1S/C17H16F3NO2/c1-11-9-15(7-8-16(11)23-3)21(12(2)22)14-6-4-5-13(10-14)17(18,19)20/h4-10H,1-3H3. The van der Waals surface area contributed by atoms with E-state index in [0.717, 1.165) is 17.7 Å². The van der Waals surface area contributed by atoms with Crippen molar-refractivity contribution in [1.29, 1.82) is 0 Å². The second-order valence-electron chi connectivity index (χ2n) is 5.06. The molecule has 0 aliphatic heterocycles. The van der Waals surface area contributed by atoms with Crippen molar-refractivity contribution in [2.75, 3.05) is 12.0 Å². The van der Waals surface area contributed by atoms with Gasteiger partial charge in [0, 0.05) is 18.3 Å². The molecular weight excluding hydrogens is 307 g/mol. The second-order valence-corrected chi connectivity index (χ2v) is 5.06. The number of nitrogens with zero attached hydrogens (tertiary/aromatic N) is 1. The number of carbonyl (C=O) groups is 1.